The van der Waals surface area contributed by atoms with Gasteiger partial charge in [-0.15, -0.1) is 0 Å². The van der Waals surface area contributed by atoms with Gasteiger partial charge in [0, 0.05) is 13.7 Å². The fourth-order valence-corrected chi connectivity index (χ4v) is 3.76. The van der Waals surface area contributed by atoms with Crippen molar-refractivity contribution in [3.8, 4) is 0 Å². The zero-order valence-electron chi connectivity index (χ0n) is 12.4. The van der Waals surface area contributed by atoms with Gasteiger partial charge in [-0.25, -0.2) is 17.9 Å². The van der Waals surface area contributed by atoms with Crippen LogP contribution in [-0.4, -0.2) is 61.2 Å². The fourth-order valence-electron chi connectivity index (χ4n) is 2.30. The first-order chi connectivity index (χ1) is 10.3. The van der Waals surface area contributed by atoms with Crippen molar-refractivity contribution in [1.82, 2.24) is 14.5 Å². The first-order valence-corrected chi connectivity index (χ1v) is 8.22. The molecule has 1 saturated heterocycles. The van der Waals surface area contributed by atoms with E-state index in [4.69, 9.17) is 14.6 Å². The molecule has 1 aliphatic heterocycles. The Morgan fingerprint density at radius 1 is 1.64 bits per heavy atom. The summed E-state index contributed by atoms with van der Waals surface area (Å²) in [6.07, 6.45) is -0.126. The van der Waals surface area contributed by atoms with Crippen molar-refractivity contribution in [2.75, 3.05) is 19.8 Å². The summed E-state index contributed by atoms with van der Waals surface area (Å²) >= 11 is 0. The average molecular weight is 333 g/mol. The maximum Gasteiger partial charge on any atom is 0.329 e. The highest BCUT2D eigenvalue weighted by atomic mass is 32.2. The van der Waals surface area contributed by atoms with E-state index in [1.807, 2.05) is 0 Å². The zero-order chi connectivity index (χ0) is 16.3. The summed E-state index contributed by atoms with van der Waals surface area (Å²) in [4.78, 5) is 10.6. The lowest BCUT2D eigenvalue weighted by Crippen LogP contribution is -2.51. The predicted molar refractivity (Wildman–Crippen MR) is 74.9 cm³/mol. The Morgan fingerprint density at radius 2 is 2.36 bits per heavy atom. The molecule has 9 nitrogen and oxygen atoms in total. The summed E-state index contributed by atoms with van der Waals surface area (Å²) in [6.45, 7) is 1.74. The van der Waals surface area contributed by atoms with Crippen molar-refractivity contribution in [3.05, 3.63) is 11.8 Å². The summed E-state index contributed by atoms with van der Waals surface area (Å²) in [5.41, 5.74) is 0.585. The van der Waals surface area contributed by atoms with Gasteiger partial charge in [-0.3, -0.25) is 4.68 Å². The molecule has 2 heterocycles. The van der Waals surface area contributed by atoms with E-state index in [9.17, 15) is 13.2 Å². The van der Waals surface area contributed by atoms with E-state index in [1.54, 1.807) is 6.92 Å². The molecule has 10 heteroatoms. The van der Waals surface area contributed by atoms with E-state index < -0.39 is 34.7 Å². The first-order valence-electron chi connectivity index (χ1n) is 6.73. The zero-order valence-corrected chi connectivity index (χ0v) is 13.2. The van der Waals surface area contributed by atoms with Crippen LogP contribution in [0, 0.1) is 6.92 Å². The molecule has 0 aliphatic carbocycles. The average Bonchev–Trinajstić information content (AvgIpc) is 2.77. The van der Waals surface area contributed by atoms with E-state index in [0.29, 0.717) is 18.7 Å². The third kappa shape index (κ3) is 4.03. The number of sulfonamides is 1. The second kappa shape index (κ2) is 6.73. The Kier molecular flexibility index (Phi) is 5.16. The standard InChI is InChI=1S/C12H19N3O6S/c1-8-5-11(15(2)13-8)22(18,19)14-9-6-20-4-3-10(9)21-7-12(16)17/h5,9-10,14H,3-4,6-7H2,1-2H3,(H,16,17)/t9-,10+/m1/s1. The molecule has 2 atom stereocenters. The molecule has 0 bridgehead atoms. The minimum Gasteiger partial charge on any atom is -0.480 e. The van der Waals surface area contributed by atoms with E-state index in [1.165, 1.54) is 17.8 Å². The number of hydrogen-bond donors (Lipinski definition) is 2. The number of carboxylic acid groups (broad SMARTS) is 1. The number of carbonyl (C=O) groups is 1. The molecule has 0 unspecified atom stereocenters. The van der Waals surface area contributed by atoms with Crippen LogP contribution in [0.5, 0.6) is 0 Å². The number of aromatic nitrogens is 2. The minimum atomic E-state index is -3.80. The normalized spacial score (nSPS) is 22.6. The van der Waals surface area contributed by atoms with Gasteiger partial charge in [-0.05, 0) is 19.4 Å². The summed E-state index contributed by atoms with van der Waals surface area (Å²) in [5, 5.41) is 12.7. The number of carboxylic acids is 1. The number of nitrogens with one attached hydrogen (secondary N) is 1. The van der Waals surface area contributed by atoms with E-state index in [2.05, 4.69) is 9.82 Å². The quantitative estimate of drug-likeness (QED) is 0.704. The van der Waals surface area contributed by atoms with Gasteiger partial charge in [0.1, 0.15) is 6.61 Å². The highest BCUT2D eigenvalue weighted by Gasteiger charge is 2.32. The SMILES string of the molecule is Cc1cc(S(=O)(=O)N[C@@H]2COCC[C@@H]2OCC(=O)O)n(C)n1. The van der Waals surface area contributed by atoms with Crippen LogP contribution in [0.2, 0.25) is 0 Å². The van der Waals surface area contributed by atoms with Gasteiger partial charge in [0.15, 0.2) is 5.03 Å². The molecular formula is C12H19N3O6S. The molecular weight excluding hydrogens is 314 g/mol. The van der Waals surface area contributed by atoms with Crippen LogP contribution in [0.25, 0.3) is 0 Å². The maximum absolute atomic E-state index is 12.4. The number of hydrogen-bond acceptors (Lipinski definition) is 6. The number of aliphatic carboxylic acids is 1. The molecule has 0 spiro atoms. The maximum atomic E-state index is 12.4. The van der Waals surface area contributed by atoms with Crippen molar-refractivity contribution in [1.29, 1.82) is 0 Å². The second-order valence-electron chi connectivity index (χ2n) is 5.08. The Bertz CT molecular complexity index is 641. The largest absolute Gasteiger partial charge is 0.480 e. The molecule has 1 aromatic heterocycles. The topological polar surface area (TPSA) is 120 Å². The van der Waals surface area contributed by atoms with Crippen LogP contribution < -0.4 is 4.72 Å². The van der Waals surface area contributed by atoms with Crippen LogP contribution in [0.1, 0.15) is 12.1 Å². The summed E-state index contributed by atoms with van der Waals surface area (Å²) < 4.78 is 39.1. The predicted octanol–water partition coefficient (Wildman–Crippen LogP) is -0.734. The van der Waals surface area contributed by atoms with Crippen molar-refractivity contribution < 1.29 is 27.8 Å². The van der Waals surface area contributed by atoms with Gasteiger partial charge in [-0.2, -0.15) is 5.10 Å². The lowest BCUT2D eigenvalue weighted by atomic mass is 10.1. The van der Waals surface area contributed by atoms with Gasteiger partial charge < -0.3 is 14.6 Å². The molecule has 0 saturated carbocycles. The molecule has 2 N–H and O–H groups in total. The lowest BCUT2D eigenvalue weighted by molar-refractivity contribution is -0.147. The number of nitrogens with zero attached hydrogens (tertiary/aromatic N) is 2. The monoisotopic (exact) mass is 333 g/mol. The van der Waals surface area contributed by atoms with Crippen LogP contribution in [0.3, 0.4) is 0 Å². The molecule has 1 aromatic rings. The van der Waals surface area contributed by atoms with Crippen LogP contribution in [-0.2, 0) is 31.3 Å². The molecule has 2 rings (SSSR count). The van der Waals surface area contributed by atoms with E-state index in [-0.39, 0.29) is 11.6 Å². The summed E-state index contributed by atoms with van der Waals surface area (Å²) in [5.74, 6) is -1.10. The lowest BCUT2D eigenvalue weighted by Gasteiger charge is -2.31. The van der Waals surface area contributed by atoms with Crippen LogP contribution >= 0.6 is 0 Å². The minimum absolute atomic E-state index is 0.0348. The first kappa shape index (κ1) is 16.9. The van der Waals surface area contributed by atoms with Gasteiger partial charge in [0.05, 0.1) is 24.4 Å². The second-order valence-corrected chi connectivity index (χ2v) is 6.74. The molecule has 22 heavy (non-hydrogen) atoms. The molecule has 124 valence electrons. The van der Waals surface area contributed by atoms with Crippen molar-refractivity contribution >= 4 is 16.0 Å². The number of aryl methyl sites for hydroxylation is 2. The van der Waals surface area contributed by atoms with Crippen molar-refractivity contribution in [3.63, 3.8) is 0 Å². The van der Waals surface area contributed by atoms with Gasteiger partial charge in [-0.1, -0.05) is 0 Å². The molecule has 1 fully saturated rings. The number of rotatable bonds is 6. The third-order valence-electron chi connectivity index (χ3n) is 3.25. The van der Waals surface area contributed by atoms with Gasteiger partial charge >= 0.3 is 5.97 Å². The van der Waals surface area contributed by atoms with E-state index >= 15 is 0 Å². The van der Waals surface area contributed by atoms with Crippen molar-refractivity contribution in [2.45, 2.75) is 30.5 Å². The molecule has 0 amide bonds. The number of ether oxygens (including phenoxy) is 2. The Morgan fingerprint density at radius 3 is 2.95 bits per heavy atom. The smallest absolute Gasteiger partial charge is 0.329 e. The Labute approximate surface area is 128 Å². The van der Waals surface area contributed by atoms with E-state index in [0.717, 1.165) is 0 Å². The third-order valence-corrected chi connectivity index (χ3v) is 4.80. The molecule has 1 aliphatic rings. The summed E-state index contributed by atoms with van der Waals surface area (Å²) in [6, 6.07) is 0.812. The highest BCUT2D eigenvalue weighted by molar-refractivity contribution is 7.89. The molecule has 0 aromatic carbocycles. The Balaban J connectivity index is 2.12. The Hall–Kier alpha value is -1.49. The van der Waals surface area contributed by atoms with Crippen LogP contribution in [0.15, 0.2) is 11.1 Å². The highest BCUT2D eigenvalue weighted by Crippen LogP contribution is 2.16. The van der Waals surface area contributed by atoms with Crippen molar-refractivity contribution in [2.24, 2.45) is 7.05 Å². The van der Waals surface area contributed by atoms with Gasteiger partial charge in [0.25, 0.3) is 10.0 Å². The summed E-state index contributed by atoms with van der Waals surface area (Å²) in [7, 11) is -2.26. The fraction of sp³-hybridized carbons (Fsp3) is 0.667. The van der Waals surface area contributed by atoms with Gasteiger partial charge in [0.2, 0.25) is 0 Å². The molecule has 0 radical (unpaired) electrons. The van der Waals surface area contributed by atoms with Crippen LogP contribution in [0.4, 0.5) is 0 Å².